The molecule has 0 saturated carbocycles. The molecule has 0 fully saturated rings. The van der Waals surface area contributed by atoms with E-state index in [2.05, 4.69) is 15.4 Å². The molecular formula is C14H15N3O5S. The highest BCUT2D eigenvalue weighted by molar-refractivity contribution is 7.80. The van der Waals surface area contributed by atoms with E-state index in [1.54, 1.807) is 19.9 Å². The Balaban J connectivity index is 2.69. The lowest BCUT2D eigenvalue weighted by molar-refractivity contribution is -0.383. The summed E-state index contributed by atoms with van der Waals surface area (Å²) in [5.41, 5.74) is 0.707. The first-order valence-electron chi connectivity index (χ1n) is 6.55. The number of amides is 1. The molecule has 1 amide bonds. The van der Waals surface area contributed by atoms with Crippen molar-refractivity contribution in [2.45, 2.75) is 13.8 Å². The molecule has 0 aliphatic rings. The highest BCUT2D eigenvalue weighted by Crippen LogP contribution is 2.25. The molecule has 0 heterocycles. The van der Waals surface area contributed by atoms with Crippen molar-refractivity contribution in [1.29, 1.82) is 0 Å². The fraction of sp³-hybridized carbons (Fsp3) is 0.214. The number of anilines is 1. The summed E-state index contributed by atoms with van der Waals surface area (Å²) < 4.78 is 4.62. The molecule has 2 N–H and O–H groups in total. The minimum atomic E-state index is -0.662. The van der Waals surface area contributed by atoms with Gasteiger partial charge in [-0.3, -0.25) is 20.2 Å². The normalized spacial score (nSPS) is 10.2. The number of nitro benzene ring substituents is 1. The summed E-state index contributed by atoms with van der Waals surface area (Å²) >= 11 is 4.91. The van der Waals surface area contributed by atoms with Crippen LogP contribution in [-0.2, 0) is 14.3 Å². The average Bonchev–Trinajstić information content (AvgIpc) is 2.47. The number of nitrogens with zero attached hydrogens (tertiary/aromatic N) is 1. The van der Waals surface area contributed by atoms with Gasteiger partial charge in [-0.1, -0.05) is 6.07 Å². The first-order valence-corrected chi connectivity index (χ1v) is 6.96. The SMILES string of the molecule is CCOC(=O)/C=C/C(=O)NC(=S)Nc1ccc(C)cc1[N+](=O)[O-]. The first kappa shape index (κ1) is 18.2. The summed E-state index contributed by atoms with van der Waals surface area (Å²) in [5.74, 6) is -1.32. The molecule has 122 valence electrons. The molecule has 0 aliphatic carbocycles. The van der Waals surface area contributed by atoms with E-state index < -0.39 is 16.8 Å². The maximum absolute atomic E-state index is 11.6. The number of aryl methyl sites for hydroxylation is 1. The standard InChI is InChI=1S/C14H15N3O5S/c1-3-22-13(19)7-6-12(18)16-14(23)15-10-5-4-9(2)8-11(10)17(20)21/h4-8H,3H2,1-2H3,(H2,15,16,18,23)/b7-6+. The molecule has 0 saturated heterocycles. The maximum Gasteiger partial charge on any atom is 0.330 e. The molecule has 1 aromatic carbocycles. The molecule has 0 atom stereocenters. The van der Waals surface area contributed by atoms with Gasteiger partial charge in [-0.25, -0.2) is 4.79 Å². The van der Waals surface area contributed by atoms with Gasteiger partial charge in [0, 0.05) is 18.2 Å². The zero-order valence-corrected chi connectivity index (χ0v) is 13.3. The average molecular weight is 337 g/mol. The molecular weight excluding hydrogens is 322 g/mol. The number of hydrogen-bond donors (Lipinski definition) is 2. The second kappa shape index (κ2) is 8.59. The van der Waals surface area contributed by atoms with Gasteiger partial charge in [0.1, 0.15) is 5.69 Å². The predicted octanol–water partition coefficient (Wildman–Crippen LogP) is 1.84. The molecule has 0 spiro atoms. The summed E-state index contributed by atoms with van der Waals surface area (Å²) in [5, 5.41) is 15.7. The second-order valence-corrected chi connectivity index (χ2v) is 4.71. The highest BCUT2D eigenvalue weighted by Gasteiger charge is 2.15. The van der Waals surface area contributed by atoms with E-state index in [4.69, 9.17) is 12.2 Å². The monoisotopic (exact) mass is 337 g/mol. The van der Waals surface area contributed by atoms with Crippen LogP contribution in [0.3, 0.4) is 0 Å². The lowest BCUT2D eigenvalue weighted by Gasteiger charge is -2.09. The van der Waals surface area contributed by atoms with E-state index >= 15 is 0 Å². The molecule has 0 radical (unpaired) electrons. The van der Waals surface area contributed by atoms with Crippen molar-refractivity contribution >= 4 is 40.6 Å². The largest absolute Gasteiger partial charge is 0.463 e. The van der Waals surface area contributed by atoms with Gasteiger partial charge in [0.05, 0.1) is 11.5 Å². The number of carbonyl (C=O) groups is 2. The van der Waals surface area contributed by atoms with Crippen molar-refractivity contribution in [3.63, 3.8) is 0 Å². The van der Waals surface area contributed by atoms with Crippen molar-refractivity contribution in [3.8, 4) is 0 Å². The summed E-state index contributed by atoms with van der Waals surface area (Å²) in [4.78, 5) is 33.1. The lowest BCUT2D eigenvalue weighted by Crippen LogP contribution is -2.33. The minimum absolute atomic E-state index is 0.129. The lowest BCUT2D eigenvalue weighted by atomic mass is 10.2. The van der Waals surface area contributed by atoms with Crippen LogP contribution in [0.1, 0.15) is 12.5 Å². The number of esters is 1. The Hall–Kier alpha value is -2.81. The molecule has 1 aromatic rings. The third kappa shape index (κ3) is 6.22. The fourth-order valence-electron chi connectivity index (χ4n) is 1.54. The molecule has 0 aromatic heterocycles. The Morgan fingerprint density at radius 3 is 2.70 bits per heavy atom. The van der Waals surface area contributed by atoms with Crippen LogP contribution in [0.5, 0.6) is 0 Å². The second-order valence-electron chi connectivity index (χ2n) is 4.31. The van der Waals surface area contributed by atoms with E-state index in [9.17, 15) is 19.7 Å². The summed E-state index contributed by atoms with van der Waals surface area (Å²) in [6.07, 6.45) is 1.91. The number of ether oxygens (including phenoxy) is 1. The molecule has 0 bridgehead atoms. The molecule has 23 heavy (non-hydrogen) atoms. The number of hydrogen-bond acceptors (Lipinski definition) is 6. The Morgan fingerprint density at radius 2 is 2.09 bits per heavy atom. The number of benzene rings is 1. The Kier molecular flexibility index (Phi) is 6.81. The van der Waals surface area contributed by atoms with Gasteiger partial charge in [0.2, 0.25) is 5.91 Å². The van der Waals surface area contributed by atoms with E-state index in [1.165, 1.54) is 12.1 Å². The van der Waals surface area contributed by atoms with Crippen LogP contribution >= 0.6 is 12.2 Å². The van der Waals surface area contributed by atoms with Crippen LogP contribution in [-0.4, -0.2) is 28.5 Å². The van der Waals surface area contributed by atoms with Gasteiger partial charge in [-0.2, -0.15) is 0 Å². The maximum atomic E-state index is 11.6. The van der Waals surface area contributed by atoms with Crippen LogP contribution in [0, 0.1) is 17.0 Å². The predicted molar refractivity (Wildman–Crippen MR) is 88.0 cm³/mol. The molecule has 9 heteroatoms. The van der Waals surface area contributed by atoms with Crippen molar-refractivity contribution in [1.82, 2.24) is 5.32 Å². The molecule has 1 rings (SSSR count). The summed E-state index contributed by atoms with van der Waals surface area (Å²) in [6, 6.07) is 4.54. The molecule has 8 nitrogen and oxygen atoms in total. The van der Waals surface area contributed by atoms with E-state index in [-0.39, 0.29) is 23.1 Å². The van der Waals surface area contributed by atoms with Gasteiger partial charge in [-0.15, -0.1) is 0 Å². The Bertz CT molecular complexity index is 672. The zero-order chi connectivity index (χ0) is 17.4. The van der Waals surface area contributed by atoms with Gasteiger partial charge in [-0.05, 0) is 37.7 Å². The topological polar surface area (TPSA) is 111 Å². The van der Waals surface area contributed by atoms with Crippen molar-refractivity contribution in [2.75, 3.05) is 11.9 Å². The van der Waals surface area contributed by atoms with Crippen LogP contribution in [0.2, 0.25) is 0 Å². The Morgan fingerprint density at radius 1 is 1.39 bits per heavy atom. The smallest absolute Gasteiger partial charge is 0.330 e. The van der Waals surface area contributed by atoms with Crippen LogP contribution in [0.25, 0.3) is 0 Å². The first-order chi connectivity index (χ1) is 10.8. The summed E-state index contributed by atoms with van der Waals surface area (Å²) in [6.45, 7) is 3.55. The molecule has 0 unspecified atom stereocenters. The quantitative estimate of drug-likeness (QED) is 0.277. The van der Waals surface area contributed by atoms with E-state index in [1.807, 2.05) is 0 Å². The highest BCUT2D eigenvalue weighted by atomic mass is 32.1. The summed E-state index contributed by atoms with van der Waals surface area (Å²) in [7, 11) is 0. The van der Waals surface area contributed by atoms with Crippen LogP contribution in [0.15, 0.2) is 30.4 Å². The van der Waals surface area contributed by atoms with Gasteiger partial charge in [0.15, 0.2) is 5.11 Å². The van der Waals surface area contributed by atoms with Gasteiger partial charge >= 0.3 is 5.97 Å². The number of rotatable bonds is 5. The van der Waals surface area contributed by atoms with Crippen molar-refractivity contribution in [3.05, 3.63) is 46.0 Å². The van der Waals surface area contributed by atoms with Crippen molar-refractivity contribution < 1.29 is 19.2 Å². The number of carbonyl (C=O) groups excluding carboxylic acids is 2. The zero-order valence-electron chi connectivity index (χ0n) is 12.5. The third-order valence-corrected chi connectivity index (χ3v) is 2.70. The van der Waals surface area contributed by atoms with Gasteiger partial charge in [0.25, 0.3) is 5.69 Å². The van der Waals surface area contributed by atoms with Crippen molar-refractivity contribution in [2.24, 2.45) is 0 Å². The minimum Gasteiger partial charge on any atom is -0.463 e. The number of nitro groups is 1. The van der Waals surface area contributed by atoms with Crippen LogP contribution < -0.4 is 10.6 Å². The van der Waals surface area contributed by atoms with E-state index in [0.29, 0.717) is 0 Å². The number of thiocarbonyl (C=S) groups is 1. The Labute approximate surface area is 137 Å². The third-order valence-electron chi connectivity index (χ3n) is 2.49. The number of nitrogens with one attached hydrogen (secondary N) is 2. The van der Waals surface area contributed by atoms with Gasteiger partial charge < -0.3 is 10.1 Å². The van der Waals surface area contributed by atoms with E-state index in [0.717, 1.165) is 17.7 Å². The molecule has 0 aliphatic heterocycles. The fourth-order valence-corrected chi connectivity index (χ4v) is 1.75. The van der Waals surface area contributed by atoms with Crippen LogP contribution in [0.4, 0.5) is 11.4 Å².